The highest BCUT2D eigenvalue weighted by Gasteiger charge is 2.33. The molecule has 0 radical (unpaired) electrons. The summed E-state index contributed by atoms with van der Waals surface area (Å²) in [6.45, 7) is 4.10. The molecule has 1 amide bonds. The van der Waals surface area contributed by atoms with Crippen LogP contribution in [0.2, 0.25) is 15.1 Å². The molecule has 5 rings (SSSR count). The first kappa shape index (κ1) is 22.8. The number of carbonyl (C=O) groups is 1. The third kappa shape index (κ3) is 4.18. The second kappa shape index (κ2) is 8.98. The molecule has 0 saturated heterocycles. The molecule has 2 aromatic carbocycles. The fraction of sp³-hybridized carbons (Fsp3) is 0.385. The van der Waals surface area contributed by atoms with E-state index >= 15 is 0 Å². The van der Waals surface area contributed by atoms with E-state index < -0.39 is 0 Å². The zero-order valence-electron chi connectivity index (χ0n) is 18.7. The summed E-state index contributed by atoms with van der Waals surface area (Å²) in [5.74, 6) is 0.381. The summed E-state index contributed by atoms with van der Waals surface area (Å²) >= 11 is 19.2. The van der Waals surface area contributed by atoms with E-state index in [2.05, 4.69) is 18.3 Å². The quantitative estimate of drug-likeness (QED) is 0.316. The van der Waals surface area contributed by atoms with Gasteiger partial charge in [0.25, 0.3) is 5.91 Å². The summed E-state index contributed by atoms with van der Waals surface area (Å²) in [6.07, 6.45) is 6.72. The molecule has 0 spiro atoms. The van der Waals surface area contributed by atoms with Crippen molar-refractivity contribution >= 4 is 40.7 Å². The maximum Gasteiger partial charge on any atom is 0.272 e. The number of halogens is 3. The lowest BCUT2D eigenvalue weighted by atomic mass is 9.84. The minimum Gasteiger partial charge on any atom is -0.348 e. The molecule has 33 heavy (non-hydrogen) atoms. The molecule has 1 atom stereocenters. The van der Waals surface area contributed by atoms with Crippen molar-refractivity contribution in [3.05, 3.63) is 67.8 Å². The number of aromatic nitrogens is 2. The zero-order valence-corrected chi connectivity index (χ0v) is 21.0. The molecule has 0 aliphatic heterocycles. The van der Waals surface area contributed by atoms with Gasteiger partial charge in [-0.05, 0) is 68.0 Å². The van der Waals surface area contributed by atoms with Crippen LogP contribution in [0.25, 0.3) is 16.9 Å². The summed E-state index contributed by atoms with van der Waals surface area (Å²) in [5, 5.41) is 9.72. The van der Waals surface area contributed by atoms with Gasteiger partial charge in [0.2, 0.25) is 0 Å². The number of rotatable bonds is 4. The molecule has 3 aromatic rings. The van der Waals surface area contributed by atoms with Crippen LogP contribution in [0.5, 0.6) is 0 Å². The fourth-order valence-electron chi connectivity index (χ4n) is 5.23. The standard InChI is InChI=1S/C26H26Cl3N3O/c1-14-10-17-11-20-24(26(33)30-15(2)16-6-4-3-5-7-16)31-32(25(20)19(17)13-21(14)28)23-9-8-18(27)12-22(23)29/h8-10,12-13,15-16H,3-7,11H2,1-2H3,(H,30,33). The number of hydrogen-bond acceptors (Lipinski definition) is 2. The highest BCUT2D eigenvalue weighted by Crippen LogP contribution is 2.43. The van der Waals surface area contributed by atoms with Crippen molar-refractivity contribution in [2.45, 2.75) is 58.4 Å². The highest BCUT2D eigenvalue weighted by atomic mass is 35.5. The van der Waals surface area contributed by atoms with Crippen molar-refractivity contribution < 1.29 is 4.79 Å². The lowest BCUT2D eigenvalue weighted by molar-refractivity contribution is 0.0913. The Morgan fingerprint density at radius 2 is 1.85 bits per heavy atom. The monoisotopic (exact) mass is 501 g/mol. The first-order valence-electron chi connectivity index (χ1n) is 11.5. The zero-order chi connectivity index (χ0) is 23.3. The van der Waals surface area contributed by atoms with Crippen molar-refractivity contribution in [3.8, 4) is 16.9 Å². The molecular formula is C26H26Cl3N3O. The lowest BCUT2D eigenvalue weighted by Crippen LogP contribution is -2.39. The second-order valence-electron chi connectivity index (χ2n) is 9.28. The van der Waals surface area contributed by atoms with E-state index in [-0.39, 0.29) is 11.9 Å². The second-order valence-corrected chi connectivity index (χ2v) is 10.5. The van der Waals surface area contributed by atoms with Gasteiger partial charge in [-0.1, -0.05) is 60.1 Å². The molecule has 172 valence electrons. The van der Waals surface area contributed by atoms with Gasteiger partial charge in [-0.3, -0.25) is 4.79 Å². The molecule has 7 heteroatoms. The Balaban J connectivity index is 1.58. The lowest BCUT2D eigenvalue weighted by Gasteiger charge is -2.28. The molecule has 1 unspecified atom stereocenters. The molecule has 1 heterocycles. The van der Waals surface area contributed by atoms with Crippen LogP contribution in [-0.4, -0.2) is 21.7 Å². The first-order chi connectivity index (χ1) is 15.8. The number of carbonyl (C=O) groups excluding carboxylic acids is 1. The Morgan fingerprint density at radius 3 is 2.58 bits per heavy atom. The smallest absolute Gasteiger partial charge is 0.272 e. The predicted octanol–water partition coefficient (Wildman–Crippen LogP) is 7.41. The molecule has 0 bridgehead atoms. The Bertz CT molecular complexity index is 1240. The summed E-state index contributed by atoms with van der Waals surface area (Å²) in [7, 11) is 0. The van der Waals surface area contributed by atoms with E-state index in [9.17, 15) is 4.79 Å². The maximum absolute atomic E-state index is 13.5. The van der Waals surface area contributed by atoms with Gasteiger partial charge in [0.15, 0.2) is 5.69 Å². The minimum atomic E-state index is -0.135. The number of fused-ring (bicyclic) bond motifs is 3. The van der Waals surface area contributed by atoms with Crippen LogP contribution in [-0.2, 0) is 6.42 Å². The molecule has 1 N–H and O–H groups in total. The van der Waals surface area contributed by atoms with Crippen LogP contribution in [0.4, 0.5) is 0 Å². The van der Waals surface area contributed by atoms with Gasteiger partial charge in [0.1, 0.15) is 0 Å². The fourth-order valence-corrected chi connectivity index (χ4v) is 5.88. The van der Waals surface area contributed by atoms with E-state index in [1.54, 1.807) is 16.8 Å². The van der Waals surface area contributed by atoms with E-state index in [1.165, 1.54) is 19.3 Å². The number of benzene rings is 2. The normalized spacial score (nSPS) is 16.4. The van der Waals surface area contributed by atoms with Crippen molar-refractivity contribution in [1.29, 1.82) is 0 Å². The van der Waals surface area contributed by atoms with Crippen molar-refractivity contribution in [2.24, 2.45) is 5.92 Å². The number of aryl methyl sites for hydroxylation is 1. The van der Waals surface area contributed by atoms with E-state index in [0.29, 0.717) is 38.8 Å². The molecular weight excluding hydrogens is 477 g/mol. The van der Waals surface area contributed by atoms with Gasteiger partial charge in [-0.2, -0.15) is 5.10 Å². The Labute approximate surface area is 209 Å². The summed E-state index contributed by atoms with van der Waals surface area (Å²) < 4.78 is 1.77. The molecule has 1 saturated carbocycles. The number of nitrogens with zero attached hydrogens (tertiary/aromatic N) is 2. The number of nitrogens with one attached hydrogen (secondary N) is 1. The van der Waals surface area contributed by atoms with E-state index in [0.717, 1.165) is 40.8 Å². The van der Waals surface area contributed by atoms with Crippen molar-refractivity contribution in [2.75, 3.05) is 0 Å². The molecule has 4 nitrogen and oxygen atoms in total. The molecule has 2 aliphatic rings. The third-order valence-corrected chi connectivity index (χ3v) is 8.00. The topological polar surface area (TPSA) is 46.9 Å². The van der Waals surface area contributed by atoms with Crippen molar-refractivity contribution in [1.82, 2.24) is 15.1 Å². The van der Waals surface area contributed by atoms with Gasteiger partial charge in [0.05, 0.1) is 16.4 Å². The van der Waals surface area contributed by atoms with Crippen LogP contribution >= 0.6 is 34.8 Å². The van der Waals surface area contributed by atoms with Crippen LogP contribution < -0.4 is 5.32 Å². The Hall–Kier alpha value is -2.01. The average Bonchev–Trinajstić information content (AvgIpc) is 3.32. The van der Waals surface area contributed by atoms with Crippen LogP contribution in [0.3, 0.4) is 0 Å². The Morgan fingerprint density at radius 1 is 1.09 bits per heavy atom. The van der Waals surface area contributed by atoms with E-state index in [4.69, 9.17) is 39.9 Å². The molecule has 2 aliphatic carbocycles. The minimum absolute atomic E-state index is 0.109. The van der Waals surface area contributed by atoms with E-state index in [1.807, 2.05) is 19.1 Å². The number of hydrogen-bond donors (Lipinski definition) is 1. The van der Waals surface area contributed by atoms with Crippen molar-refractivity contribution in [3.63, 3.8) is 0 Å². The molecule has 1 fully saturated rings. The SMILES string of the molecule is Cc1cc2c(cc1Cl)-c1c(c(C(=O)NC(C)C3CCCCC3)nn1-c1ccc(Cl)cc1Cl)C2. The largest absolute Gasteiger partial charge is 0.348 e. The van der Waals surface area contributed by atoms with Crippen LogP contribution in [0.1, 0.15) is 66.2 Å². The summed E-state index contributed by atoms with van der Waals surface area (Å²) in [6, 6.07) is 9.47. The Kier molecular flexibility index (Phi) is 6.19. The van der Waals surface area contributed by atoms with Crippen LogP contribution in [0, 0.1) is 12.8 Å². The van der Waals surface area contributed by atoms with Crippen LogP contribution in [0.15, 0.2) is 30.3 Å². The van der Waals surface area contributed by atoms with Gasteiger partial charge < -0.3 is 5.32 Å². The summed E-state index contributed by atoms with van der Waals surface area (Å²) in [5.41, 5.74) is 6.04. The maximum atomic E-state index is 13.5. The third-order valence-electron chi connectivity index (χ3n) is 7.06. The van der Waals surface area contributed by atoms with Gasteiger partial charge in [-0.15, -0.1) is 0 Å². The molecule has 1 aromatic heterocycles. The summed E-state index contributed by atoms with van der Waals surface area (Å²) in [4.78, 5) is 13.5. The van der Waals surface area contributed by atoms with Gasteiger partial charge in [-0.25, -0.2) is 4.68 Å². The van der Waals surface area contributed by atoms with Gasteiger partial charge in [0, 0.05) is 33.6 Å². The highest BCUT2D eigenvalue weighted by molar-refractivity contribution is 6.35. The average molecular weight is 503 g/mol. The van der Waals surface area contributed by atoms with Gasteiger partial charge >= 0.3 is 0 Å². The number of amides is 1. The first-order valence-corrected chi connectivity index (χ1v) is 12.6. The predicted molar refractivity (Wildman–Crippen MR) is 135 cm³/mol.